The van der Waals surface area contributed by atoms with Gasteiger partial charge in [-0.3, -0.25) is 9.97 Å². The van der Waals surface area contributed by atoms with Crippen LogP contribution in [0.5, 0.6) is 0 Å². The zero-order chi connectivity index (χ0) is 20.0. The van der Waals surface area contributed by atoms with E-state index in [0.29, 0.717) is 0 Å². The molecule has 0 amide bonds. The van der Waals surface area contributed by atoms with E-state index >= 15 is 0 Å². The molecule has 0 spiro atoms. The summed E-state index contributed by atoms with van der Waals surface area (Å²) in [6.07, 6.45) is 9.33. The van der Waals surface area contributed by atoms with E-state index < -0.39 is 0 Å². The van der Waals surface area contributed by atoms with E-state index in [-0.39, 0.29) is 0 Å². The monoisotopic (exact) mass is 385 g/mol. The summed E-state index contributed by atoms with van der Waals surface area (Å²) >= 11 is 0. The minimum absolute atomic E-state index is 0.790. The number of aromatic nitrogens is 6. The van der Waals surface area contributed by atoms with E-state index in [4.69, 9.17) is 10.1 Å². The average Bonchev–Trinajstić information content (AvgIpc) is 3.24. The fourth-order valence-corrected chi connectivity index (χ4v) is 4.11. The molecule has 7 heteroatoms. The van der Waals surface area contributed by atoms with Crippen molar-refractivity contribution < 1.29 is 0 Å². The largest absolute Gasteiger partial charge is 0.350 e. The van der Waals surface area contributed by atoms with E-state index in [1.807, 2.05) is 18.6 Å². The predicted molar refractivity (Wildman–Crippen MR) is 112 cm³/mol. The van der Waals surface area contributed by atoms with E-state index in [0.717, 1.165) is 54.1 Å². The summed E-state index contributed by atoms with van der Waals surface area (Å²) in [5, 5.41) is 13.0. The van der Waals surface area contributed by atoms with Crippen LogP contribution in [0.3, 0.4) is 0 Å². The van der Waals surface area contributed by atoms with Crippen molar-refractivity contribution in [2.45, 2.75) is 40.2 Å². The Morgan fingerprint density at radius 2 is 2.03 bits per heavy atom. The molecule has 1 aliphatic rings. The zero-order valence-corrected chi connectivity index (χ0v) is 16.9. The number of nitrogens with zero attached hydrogens (tertiary/aromatic N) is 7. The number of fused-ring (bicyclic) bond motifs is 2. The Bertz CT molecular complexity index is 1210. The normalized spacial score (nSPS) is 13.7. The highest BCUT2D eigenvalue weighted by molar-refractivity contribution is 5.67. The van der Waals surface area contributed by atoms with Crippen LogP contribution in [0.1, 0.15) is 34.9 Å². The Balaban J connectivity index is 1.53. The maximum atomic E-state index is 4.79. The molecule has 5 rings (SSSR count). The fraction of sp³-hybridized carbons (Fsp3) is 0.318. The Kier molecular flexibility index (Phi) is 4.23. The van der Waals surface area contributed by atoms with Gasteiger partial charge in [-0.05, 0) is 43.5 Å². The van der Waals surface area contributed by atoms with E-state index in [1.54, 1.807) is 10.8 Å². The van der Waals surface area contributed by atoms with Crippen LogP contribution in [0.25, 0.3) is 16.8 Å². The van der Waals surface area contributed by atoms with Crippen molar-refractivity contribution in [3.63, 3.8) is 0 Å². The zero-order valence-electron chi connectivity index (χ0n) is 16.9. The second-order valence-corrected chi connectivity index (χ2v) is 7.56. The topological polar surface area (TPSA) is 72.1 Å². The van der Waals surface area contributed by atoms with E-state index in [1.165, 1.54) is 22.4 Å². The quantitative estimate of drug-likeness (QED) is 0.539. The molecule has 0 aromatic carbocycles. The van der Waals surface area contributed by atoms with Crippen molar-refractivity contribution in [1.82, 2.24) is 29.8 Å². The van der Waals surface area contributed by atoms with Crippen LogP contribution in [0, 0.1) is 13.8 Å². The standard InChI is InChI=1S/C22H23N7/c1-4-16-5-7-23-11-19(16)17-9-18-12-28(8-6-20(18)24-10-17)22-15(3)14(2)21-26-25-13-29(21)27-22/h5,7,9-11,13H,4,6,8,12H2,1-3H3. The van der Waals surface area contributed by atoms with Gasteiger partial charge in [0.1, 0.15) is 6.33 Å². The molecule has 7 nitrogen and oxygen atoms in total. The molecule has 0 aliphatic carbocycles. The van der Waals surface area contributed by atoms with E-state index in [9.17, 15) is 0 Å². The molecule has 0 radical (unpaired) electrons. The maximum Gasteiger partial charge on any atom is 0.180 e. The first-order valence-corrected chi connectivity index (χ1v) is 9.99. The Morgan fingerprint density at radius 1 is 1.14 bits per heavy atom. The van der Waals surface area contributed by atoms with Gasteiger partial charge in [0, 0.05) is 66.0 Å². The van der Waals surface area contributed by atoms with Gasteiger partial charge in [0.25, 0.3) is 0 Å². The number of hydrogen-bond donors (Lipinski definition) is 0. The Labute approximate surface area is 169 Å². The van der Waals surface area contributed by atoms with Gasteiger partial charge >= 0.3 is 0 Å². The number of rotatable bonds is 3. The van der Waals surface area contributed by atoms with Crippen LogP contribution in [-0.4, -0.2) is 36.3 Å². The lowest BCUT2D eigenvalue weighted by molar-refractivity contribution is 0.688. The molecule has 0 saturated carbocycles. The fourth-order valence-electron chi connectivity index (χ4n) is 4.11. The molecular weight excluding hydrogens is 362 g/mol. The van der Waals surface area contributed by atoms with Gasteiger partial charge < -0.3 is 4.90 Å². The Hall–Kier alpha value is -3.35. The third-order valence-electron chi connectivity index (χ3n) is 5.91. The van der Waals surface area contributed by atoms with Gasteiger partial charge in [-0.15, -0.1) is 15.3 Å². The summed E-state index contributed by atoms with van der Waals surface area (Å²) in [5.41, 5.74) is 9.10. The minimum atomic E-state index is 0.790. The van der Waals surface area contributed by atoms with Gasteiger partial charge in [-0.2, -0.15) is 4.52 Å². The molecule has 4 aromatic rings. The minimum Gasteiger partial charge on any atom is -0.350 e. The van der Waals surface area contributed by atoms with Crippen molar-refractivity contribution in [3.05, 3.63) is 65.0 Å². The SMILES string of the molecule is CCc1ccncc1-c1cnc2c(c1)CN(c1nn3cnnc3c(C)c1C)CC2. The summed E-state index contributed by atoms with van der Waals surface area (Å²) in [4.78, 5) is 11.4. The van der Waals surface area contributed by atoms with Gasteiger partial charge in [0.2, 0.25) is 0 Å². The number of hydrogen-bond acceptors (Lipinski definition) is 6. The molecule has 0 fully saturated rings. The summed E-state index contributed by atoms with van der Waals surface area (Å²) in [7, 11) is 0. The highest BCUT2D eigenvalue weighted by Crippen LogP contribution is 2.30. The maximum absolute atomic E-state index is 4.79. The highest BCUT2D eigenvalue weighted by atomic mass is 15.4. The lowest BCUT2D eigenvalue weighted by Crippen LogP contribution is -2.32. The number of pyridine rings is 2. The average molecular weight is 385 g/mol. The lowest BCUT2D eigenvalue weighted by Gasteiger charge is -2.30. The first-order chi connectivity index (χ1) is 14.2. The third-order valence-corrected chi connectivity index (χ3v) is 5.91. The number of aryl methyl sites for hydroxylation is 2. The molecular formula is C22H23N7. The van der Waals surface area contributed by atoms with Crippen molar-refractivity contribution in [2.24, 2.45) is 0 Å². The first kappa shape index (κ1) is 17.7. The molecule has 0 saturated heterocycles. The van der Waals surface area contributed by atoms with Gasteiger partial charge in [0.15, 0.2) is 11.5 Å². The van der Waals surface area contributed by atoms with Crippen molar-refractivity contribution in [3.8, 4) is 11.1 Å². The summed E-state index contributed by atoms with van der Waals surface area (Å²) in [6.45, 7) is 8.05. The number of anilines is 1. The second-order valence-electron chi connectivity index (χ2n) is 7.56. The van der Waals surface area contributed by atoms with Crippen molar-refractivity contribution in [2.75, 3.05) is 11.4 Å². The highest BCUT2D eigenvalue weighted by Gasteiger charge is 2.23. The third kappa shape index (κ3) is 2.93. The molecule has 146 valence electrons. The smallest absolute Gasteiger partial charge is 0.180 e. The molecule has 0 atom stereocenters. The molecule has 0 bridgehead atoms. The van der Waals surface area contributed by atoms with Gasteiger partial charge in [0.05, 0.1) is 0 Å². The molecule has 4 aromatic heterocycles. The van der Waals surface area contributed by atoms with E-state index in [2.05, 4.69) is 53.0 Å². The summed E-state index contributed by atoms with van der Waals surface area (Å²) in [5.74, 6) is 0.987. The van der Waals surface area contributed by atoms with Crippen LogP contribution < -0.4 is 4.90 Å². The van der Waals surface area contributed by atoms with Gasteiger partial charge in [-0.1, -0.05) is 6.92 Å². The van der Waals surface area contributed by atoms with Crippen LogP contribution in [0.2, 0.25) is 0 Å². The second kappa shape index (κ2) is 6.92. The summed E-state index contributed by atoms with van der Waals surface area (Å²) in [6, 6.07) is 4.36. The Morgan fingerprint density at radius 3 is 2.90 bits per heavy atom. The molecule has 1 aliphatic heterocycles. The summed E-state index contributed by atoms with van der Waals surface area (Å²) < 4.78 is 1.77. The van der Waals surface area contributed by atoms with Crippen LogP contribution in [0.15, 0.2) is 37.1 Å². The van der Waals surface area contributed by atoms with Crippen LogP contribution >= 0.6 is 0 Å². The molecule has 5 heterocycles. The molecule has 0 unspecified atom stereocenters. The van der Waals surface area contributed by atoms with Crippen LogP contribution in [-0.2, 0) is 19.4 Å². The molecule has 29 heavy (non-hydrogen) atoms. The first-order valence-electron chi connectivity index (χ1n) is 9.99. The molecule has 0 N–H and O–H groups in total. The lowest BCUT2D eigenvalue weighted by atomic mass is 9.97. The van der Waals surface area contributed by atoms with Crippen molar-refractivity contribution >= 4 is 11.5 Å². The van der Waals surface area contributed by atoms with Crippen LogP contribution in [0.4, 0.5) is 5.82 Å². The van der Waals surface area contributed by atoms with Gasteiger partial charge in [-0.25, -0.2) is 0 Å². The predicted octanol–water partition coefficient (Wildman–Crippen LogP) is 3.32. The van der Waals surface area contributed by atoms with Crippen molar-refractivity contribution in [1.29, 1.82) is 0 Å².